The Balaban J connectivity index is 2.17. The minimum atomic E-state index is -4.37. The second-order valence-electron chi connectivity index (χ2n) is 5.17. The van der Waals surface area contributed by atoms with E-state index in [0.29, 0.717) is 18.7 Å². The molecule has 0 bridgehead atoms. The Morgan fingerprint density at radius 3 is 2.55 bits per heavy atom. The van der Waals surface area contributed by atoms with Crippen LogP contribution in [-0.2, 0) is 6.18 Å². The zero-order valence-electron chi connectivity index (χ0n) is 11.8. The van der Waals surface area contributed by atoms with Crippen LogP contribution in [0.5, 0.6) is 0 Å². The van der Waals surface area contributed by atoms with E-state index in [2.05, 4.69) is 11.9 Å². The first-order chi connectivity index (χ1) is 10.3. The third kappa shape index (κ3) is 3.59. The molecule has 4 nitrogen and oxygen atoms in total. The summed E-state index contributed by atoms with van der Waals surface area (Å²) < 4.78 is 37.8. The summed E-state index contributed by atoms with van der Waals surface area (Å²) in [6.45, 7) is 4.89. The van der Waals surface area contributed by atoms with Crippen molar-refractivity contribution < 1.29 is 23.1 Å². The van der Waals surface area contributed by atoms with E-state index in [0.717, 1.165) is 12.1 Å². The van der Waals surface area contributed by atoms with Crippen LogP contribution in [0.4, 0.5) is 18.0 Å². The van der Waals surface area contributed by atoms with Crippen LogP contribution in [0.2, 0.25) is 0 Å². The minimum absolute atomic E-state index is 0.209. The van der Waals surface area contributed by atoms with Crippen LogP contribution in [-0.4, -0.2) is 41.8 Å². The second-order valence-corrected chi connectivity index (χ2v) is 5.17. The Morgan fingerprint density at radius 2 is 2.05 bits per heavy atom. The van der Waals surface area contributed by atoms with Gasteiger partial charge in [0.1, 0.15) is 0 Å². The average Bonchev–Trinajstić information content (AvgIpc) is 2.48. The molecule has 1 fully saturated rings. The predicted molar refractivity (Wildman–Crippen MR) is 75.8 cm³/mol. The Labute approximate surface area is 126 Å². The fraction of sp³-hybridized carbons (Fsp3) is 0.400. The molecule has 0 radical (unpaired) electrons. The molecule has 0 aliphatic carbocycles. The van der Waals surface area contributed by atoms with Crippen molar-refractivity contribution in [2.75, 3.05) is 19.6 Å². The van der Waals surface area contributed by atoms with E-state index in [1.807, 2.05) is 0 Å². The number of carboxylic acid groups (broad SMARTS) is 1. The minimum Gasteiger partial charge on any atom is -0.465 e. The van der Waals surface area contributed by atoms with Gasteiger partial charge in [-0.2, -0.15) is 13.2 Å². The van der Waals surface area contributed by atoms with Gasteiger partial charge >= 0.3 is 12.3 Å². The van der Waals surface area contributed by atoms with Crippen LogP contribution in [0.3, 0.4) is 0 Å². The summed E-state index contributed by atoms with van der Waals surface area (Å²) in [6.07, 6.45) is -3.74. The molecule has 1 amide bonds. The van der Waals surface area contributed by atoms with E-state index in [4.69, 9.17) is 5.11 Å². The van der Waals surface area contributed by atoms with E-state index >= 15 is 0 Å². The lowest BCUT2D eigenvalue weighted by Crippen LogP contribution is -2.54. The van der Waals surface area contributed by atoms with Gasteiger partial charge in [-0.3, -0.25) is 0 Å². The Bertz CT molecular complexity index is 543. The molecule has 1 heterocycles. The van der Waals surface area contributed by atoms with Crippen molar-refractivity contribution in [1.29, 1.82) is 0 Å². The quantitative estimate of drug-likeness (QED) is 0.844. The number of carbonyl (C=O) groups is 1. The number of nitrogens with one attached hydrogen (secondary N) is 1. The number of rotatable bonds is 3. The highest BCUT2D eigenvalue weighted by Gasteiger charge is 2.32. The maximum absolute atomic E-state index is 12.6. The Hall–Kier alpha value is -2.02. The summed E-state index contributed by atoms with van der Waals surface area (Å²) in [4.78, 5) is 12.3. The van der Waals surface area contributed by atoms with Crippen LogP contribution in [0.25, 0.3) is 0 Å². The lowest BCUT2D eigenvalue weighted by molar-refractivity contribution is -0.137. The molecule has 120 valence electrons. The molecule has 0 saturated carbocycles. The molecule has 1 aromatic rings. The topological polar surface area (TPSA) is 52.6 Å². The number of hydrogen-bond acceptors (Lipinski definition) is 2. The van der Waals surface area contributed by atoms with Gasteiger partial charge < -0.3 is 15.3 Å². The van der Waals surface area contributed by atoms with Crippen molar-refractivity contribution in [1.82, 2.24) is 10.2 Å². The van der Waals surface area contributed by atoms with Crippen LogP contribution in [0, 0.1) is 0 Å². The highest BCUT2D eigenvalue weighted by molar-refractivity contribution is 5.65. The first kappa shape index (κ1) is 16.4. The van der Waals surface area contributed by atoms with E-state index in [-0.39, 0.29) is 18.5 Å². The second kappa shape index (κ2) is 6.39. The standard InChI is InChI=1S/C15H17F3N2O2/c1-2-12(13-9-20(14(21)22)8-7-19-13)10-3-5-11(6-4-10)15(16,17)18/h2-6,12-13,19H,1,7-9H2,(H,21,22). The van der Waals surface area contributed by atoms with E-state index < -0.39 is 17.8 Å². The highest BCUT2D eigenvalue weighted by Crippen LogP contribution is 2.31. The average molecular weight is 314 g/mol. The maximum Gasteiger partial charge on any atom is 0.416 e. The molecule has 2 rings (SSSR count). The lowest BCUT2D eigenvalue weighted by Gasteiger charge is -2.35. The third-order valence-electron chi connectivity index (χ3n) is 3.79. The van der Waals surface area contributed by atoms with E-state index in [1.165, 1.54) is 17.0 Å². The summed E-state index contributed by atoms with van der Waals surface area (Å²) in [7, 11) is 0. The molecule has 0 spiro atoms. The fourth-order valence-electron chi connectivity index (χ4n) is 2.62. The maximum atomic E-state index is 12.6. The Morgan fingerprint density at radius 1 is 1.41 bits per heavy atom. The van der Waals surface area contributed by atoms with Crippen molar-refractivity contribution in [3.05, 3.63) is 48.0 Å². The van der Waals surface area contributed by atoms with Crippen molar-refractivity contribution in [2.45, 2.75) is 18.1 Å². The van der Waals surface area contributed by atoms with Gasteiger partial charge in [0, 0.05) is 31.6 Å². The number of amides is 1. The van der Waals surface area contributed by atoms with Crippen molar-refractivity contribution in [3.63, 3.8) is 0 Å². The van der Waals surface area contributed by atoms with Crippen LogP contribution >= 0.6 is 0 Å². The van der Waals surface area contributed by atoms with Gasteiger partial charge in [0.05, 0.1) is 5.56 Å². The summed E-state index contributed by atoms with van der Waals surface area (Å²) in [6, 6.07) is 4.68. The van der Waals surface area contributed by atoms with Crippen molar-refractivity contribution in [3.8, 4) is 0 Å². The zero-order valence-corrected chi connectivity index (χ0v) is 11.8. The van der Waals surface area contributed by atoms with Crippen LogP contribution in [0.1, 0.15) is 17.0 Å². The van der Waals surface area contributed by atoms with Gasteiger partial charge in [0.25, 0.3) is 0 Å². The predicted octanol–water partition coefficient (Wildman–Crippen LogP) is 2.93. The molecule has 0 aromatic heterocycles. The molecule has 2 N–H and O–H groups in total. The molecule has 1 aromatic carbocycles. The number of nitrogens with zero attached hydrogens (tertiary/aromatic N) is 1. The molecule has 7 heteroatoms. The normalized spacial score (nSPS) is 20.5. The molecule has 1 aliphatic rings. The largest absolute Gasteiger partial charge is 0.465 e. The molecule has 2 unspecified atom stereocenters. The SMILES string of the molecule is C=CC(c1ccc(C(F)(F)F)cc1)C1CN(C(=O)O)CCN1. The first-order valence-electron chi connectivity index (χ1n) is 6.84. The van der Waals surface area contributed by atoms with Crippen LogP contribution in [0.15, 0.2) is 36.9 Å². The number of benzene rings is 1. The molecule has 2 atom stereocenters. The third-order valence-corrected chi connectivity index (χ3v) is 3.79. The zero-order chi connectivity index (χ0) is 16.3. The molecule has 1 aliphatic heterocycles. The molecule has 22 heavy (non-hydrogen) atoms. The van der Waals surface area contributed by atoms with Crippen molar-refractivity contribution >= 4 is 6.09 Å². The van der Waals surface area contributed by atoms with Gasteiger partial charge in [-0.15, -0.1) is 6.58 Å². The Kier molecular flexibility index (Phi) is 4.75. The molecular weight excluding hydrogens is 297 g/mol. The smallest absolute Gasteiger partial charge is 0.416 e. The fourth-order valence-corrected chi connectivity index (χ4v) is 2.62. The summed E-state index contributed by atoms with van der Waals surface area (Å²) in [5, 5.41) is 12.3. The number of alkyl halides is 3. The molecule has 1 saturated heterocycles. The number of hydrogen-bond donors (Lipinski definition) is 2. The summed E-state index contributed by atoms with van der Waals surface area (Å²) in [5.74, 6) is -0.260. The summed E-state index contributed by atoms with van der Waals surface area (Å²) >= 11 is 0. The van der Waals surface area contributed by atoms with Gasteiger partial charge in [-0.1, -0.05) is 18.2 Å². The molecular formula is C15H17F3N2O2. The number of piperazine rings is 1. The van der Waals surface area contributed by atoms with Crippen LogP contribution < -0.4 is 5.32 Å². The monoisotopic (exact) mass is 314 g/mol. The van der Waals surface area contributed by atoms with Gasteiger partial charge in [0.15, 0.2) is 0 Å². The summed E-state index contributed by atoms with van der Waals surface area (Å²) in [5.41, 5.74) is -0.0319. The van der Waals surface area contributed by atoms with Gasteiger partial charge in [-0.05, 0) is 17.7 Å². The first-order valence-corrected chi connectivity index (χ1v) is 6.84. The van der Waals surface area contributed by atoms with Gasteiger partial charge in [-0.25, -0.2) is 4.79 Å². The lowest BCUT2D eigenvalue weighted by atomic mass is 9.89. The van der Waals surface area contributed by atoms with E-state index in [9.17, 15) is 18.0 Å². The number of halogens is 3. The highest BCUT2D eigenvalue weighted by atomic mass is 19.4. The van der Waals surface area contributed by atoms with E-state index in [1.54, 1.807) is 6.08 Å². The van der Waals surface area contributed by atoms with Gasteiger partial charge in [0.2, 0.25) is 0 Å². The van der Waals surface area contributed by atoms with Crippen molar-refractivity contribution in [2.24, 2.45) is 0 Å².